The van der Waals surface area contributed by atoms with Crippen LogP contribution in [0.3, 0.4) is 0 Å². The molecule has 2 aliphatic heterocycles. The van der Waals surface area contributed by atoms with Gasteiger partial charge in [-0.2, -0.15) is 0 Å². The number of carbonyl (C=O) groups is 2. The van der Waals surface area contributed by atoms with Crippen LogP contribution in [0.5, 0.6) is 17.5 Å². The lowest BCUT2D eigenvalue weighted by atomic mass is 9.83. The molecule has 0 saturated carbocycles. The van der Waals surface area contributed by atoms with Gasteiger partial charge in [0.2, 0.25) is 5.91 Å². The number of aromatic hydroxyl groups is 2. The number of quaternary nitrogens is 1. The quantitative estimate of drug-likeness (QED) is 0.299. The molecule has 3 heterocycles. The Balaban J connectivity index is 1.58. The molecule has 4 rings (SSSR count). The Hall–Kier alpha value is -3.24. The SMILES string of the molecule is CCCCN(CCC[N+](C)(C)C)C(=O)CN1C[C@H](c2ccc3c(c2)CCO3)[C@@H](C(=O)O)[C@@H]1CCn1c(O)ccc1O. The van der Waals surface area contributed by atoms with E-state index in [4.69, 9.17) is 4.74 Å². The predicted molar refractivity (Wildman–Crippen MR) is 156 cm³/mol. The number of benzene rings is 1. The van der Waals surface area contributed by atoms with Crippen molar-refractivity contribution in [1.82, 2.24) is 14.4 Å². The highest BCUT2D eigenvalue weighted by atomic mass is 16.5. The molecule has 1 amide bonds. The molecule has 1 aromatic heterocycles. The van der Waals surface area contributed by atoms with Crippen molar-refractivity contribution >= 4 is 11.9 Å². The van der Waals surface area contributed by atoms with Crippen LogP contribution in [0.1, 0.15) is 49.7 Å². The van der Waals surface area contributed by atoms with Crippen LogP contribution in [0.25, 0.3) is 0 Å². The Morgan fingerprint density at radius 1 is 1.07 bits per heavy atom. The average molecular weight is 572 g/mol. The van der Waals surface area contributed by atoms with Crippen molar-refractivity contribution < 1.29 is 34.1 Å². The first-order chi connectivity index (χ1) is 19.5. The number of ether oxygens (including phenoxy) is 1. The molecule has 1 aromatic carbocycles. The van der Waals surface area contributed by atoms with E-state index in [1.54, 1.807) is 0 Å². The minimum Gasteiger partial charge on any atom is -0.494 e. The lowest BCUT2D eigenvalue weighted by molar-refractivity contribution is -0.870. The second-order valence-corrected chi connectivity index (χ2v) is 12.5. The van der Waals surface area contributed by atoms with E-state index < -0.39 is 17.9 Å². The van der Waals surface area contributed by atoms with E-state index in [0.29, 0.717) is 32.7 Å². The van der Waals surface area contributed by atoms with E-state index in [1.165, 1.54) is 16.7 Å². The van der Waals surface area contributed by atoms with Gasteiger partial charge < -0.3 is 29.4 Å². The third-order valence-electron chi connectivity index (χ3n) is 8.49. The number of nitrogens with zero attached hydrogens (tertiary/aromatic N) is 4. The van der Waals surface area contributed by atoms with E-state index in [9.17, 15) is 24.9 Å². The molecule has 1 fully saturated rings. The van der Waals surface area contributed by atoms with Crippen molar-refractivity contribution in [3.05, 3.63) is 41.5 Å². The van der Waals surface area contributed by atoms with Gasteiger partial charge in [0.1, 0.15) is 5.75 Å². The summed E-state index contributed by atoms with van der Waals surface area (Å²) in [7, 11) is 6.43. The summed E-state index contributed by atoms with van der Waals surface area (Å²) >= 11 is 0. The number of carboxylic acids is 1. The van der Waals surface area contributed by atoms with Crippen molar-refractivity contribution in [3.8, 4) is 17.5 Å². The van der Waals surface area contributed by atoms with Gasteiger partial charge in [-0.3, -0.25) is 19.1 Å². The molecule has 3 atom stereocenters. The highest BCUT2D eigenvalue weighted by Gasteiger charge is 2.47. The zero-order valence-corrected chi connectivity index (χ0v) is 25.0. The Labute approximate surface area is 243 Å². The van der Waals surface area contributed by atoms with Crippen LogP contribution in [0.4, 0.5) is 0 Å². The van der Waals surface area contributed by atoms with Crippen molar-refractivity contribution in [3.63, 3.8) is 0 Å². The summed E-state index contributed by atoms with van der Waals surface area (Å²) < 4.78 is 7.87. The van der Waals surface area contributed by atoms with Crippen molar-refractivity contribution in [2.24, 2.45) is 5.92 Å². The van der Waals surface area contributed by atoms with E-state index in [0.717, 1.165) is 53.6 Å². The third kappa shape index (κ3) is 7.54. The highest BCUT2D eigenvalue weighted by molar-refractivity contribution is 5.79. The summed E-state index contributed by atoms with van der Waals surface area (Å²) in [6.07, 6.45) is 3.96. The Kier molecular flexibility index (Phi) is 9.86. The summed E-state index contributed by atoms with van der Waals surface area (Å²) in [5.74, 6) is -1.24. The zero-order chi connectivity index (χ0) is 29.7. The van der Waals surface area contributed by atoms with Crippen LogP contribution < -0.4 is 4.74 Å². The minimum absolute atomic E-state index is 0.0173. The van der Waals surface area contributed by atoms with Gasteiger partial charge in [0.25, 0.3) is 0 Å². The predicted octanol–water partition coefficient (Wildman–Crippen LogP) is 3.12. The van der Waals surface area contributed by atoms with Crippen LogP contribution in [-0.4, -0.2) is 113 Å². The molecular formula is C31H47N4O6+. The fourth-order valence-electron chi connectivity index (χ4n) is 6.28. The molecule has 41 heavy (non-hydrogen) atoms. The molecule has 10 heteroatoms. The molecule has 0 aliphatic carbocycles. The number of likely N-dealkylation sites (tertiary alicyclic amines) is 1. The van der Waals surface area contributed by atoms with Crippen LogP contribution in [0.2, 0.25) is 0 Å². The summed E-state index contributed by atoms with van der Waals surface area (Å²) in [5, 5.41) is 30.9. The number of aliphatic carboxylic acids is 1. The van der Waals surface area contributed by atoms with Gasteiger partial charge in [-0.15, -0.1) is 0 Å². The number of amides is 1. The van der Waals surface area contributed by atoms with Crippen LogP contribution in [0.15, 0.2) is 30.3 Å². The topological polar surface area (TPSA) is 115 Å². The smallest absolute Gasteiger partial charge is 0.308 e. The zero-order valence-electron chi connectivity index (χ0n) is 25.0. The number of rotatable bonds is 14. The molecule has 226 valence electrons. The first kappa shape index (κ1) is 30.7. The standard InChI is InChI=1S/C31H46N4O6/c1-5-6-14-32(15-7-17-35(2,3)4)29(38)21-33-20-24(22-8-9-26-23(19-22)13-18-41-26)30(31(39)40)25(33)12-16-34-27(36)10-11-28(34)37/h8-11,19,24-25,30H,5-7,12-18,20-21H2,1-4H3,(H2-,36,37,39,40)/p+1/t24-,25+,30-/m1/s1. The summed E-state index contributed by atoms with van der Waals surface area (Å²) in [4.78, 5) is 30.5. The molecule has 0 radical (unpaired) electrons. The minimum atomic E-state index is -0.904. The third-order valence-corrected chi connectivity index (χ3v) is 8.49. The van der Waals surface area contributed by atoms with Crippen LogP contribution in [0, 0.1) is 5.92 Å². The van der Waals surface area contributed by atoms with Crippen LogP contribution >= 0.6 is 0 Å². The van der Waals surface area contributed by atoms with Gasteiger partial charge >= 0.3 is 5.97 Å². The second-order valence-electron chi connectivity index (χ2n) is 12.5. The maximum Gasteiger partial charge on any atom is 0.308 e. The van der Waals surface area contributed by atoms with Gasteiger partial charge in [-0.05, 0) is 30.0 Å². The number of fused-ring (bicyclic) bond motifs is 1. The fourth-order valence-corrected chi connectivity index (χ4v) is 6.28. The normalized spacial score (nSPS) is 20.6. The van der Waals surface area contributed by atoms with Crippen molar-refractivity contribution in [2.45, 2.75) is 57.5 Å². The number of carboxylic acid groups (broad SMARTS) is 1. The number of hydrogen-bond donors (Lipinski definition) is 3. The van der Waals surface area contributed by atoms with E-state index in [1.807, 2.05) is 21.9 Å². The monoisotopic (exact) mass is 571 g/mol. The molecule has 2 aromatic rings. The second kappa shape index (κ2) is 13.2. The van der Waals surface area contributed by atoms with Gasteiger partial charge in [-0.1, -0.05) is 25.5 Å². The van der Waals surface area contributed by atoms with Gasteiger partial charge in [0.05, 0.1) is 46.8 Å². The number of hydrogen-bond acceptors (Lipinski definition) is 6. The molecule has 3 N–H and O–H groups in total. The lowest BCUT2D eigenvalue weighted by Crippen LogP contribution is -2.45. The molecule has 2 aliphatic rings. The van der Waals surface area contributed by atoms with E-state index in [-0.39, 0.29) is 36.7 Å². The number of aromatic nitrogens is 1. The van der Waals surface area contributed by atoms with E-state index in [2.05, 4.69) is 34.1 Å². The first-order valence-electron chi connectivity index (χ1n) is 14.9. The highest BCUT2D eigenvalue weighted by Crippen LogP contribution is 2.41. The molecular weight excluding hydrogens is 524 g/mol. The first-order valence-corrected chi connectivity index (χ1v) is 14.9. The largest absolute Gasteiger partial charge is 0.494 e. The number of carbonyl (C=O) groups excluding carboxylic acids is 1. The van der Waals surface area contributed by atoms with Crippen LogP contribution in [-0.2, 0) is 22.6 Å². The van der Waals surface area contributed by atoms with Gasteiger partial charge in [-0.25, -0.2) is 0 Å². The fraction of sp³-hybridized carbons (Fsp3) is 0.613. The summed E-state index contributed by atoms with van der Waals surface area (Å²) in [6.45, 7) is 5.87. The molecule has 10 nitrogen and oxygen atoms in total. The lowest BCUT2D eigenvalue weighted by Gasteiger charge is -2.31. The van der Waals surface area contributed by atoms with E-state index >= 15 is 0 Å². The molecule has 0 unspecified atom stereocenters. The Morgan fingerprint density at radius 2 is 1.78 bits per heavy atom. The summed E-state index contributed by atoms with van der Waals surface area (Å²) in [5.41, 5.74) is 2.03. The van der Waals surface area contributed by atoms with Crippen molar-refractivity contribution in [2.75, 3.05) is 60.5 Å². The maximum absolute atomic E-state index is 13.8. The number of unbranched alkanes of at least 4 members (excludes halogenated alkanes) is 1. The Morgan fingerprint density at radius 3 is 2.44 bits per heavy atom. The van der Waals surface area contributed by atoms with Gasteiger partial charge in [0, 0.05) is 63.1 Å². The maximum atomic E-state index is 13.8. The summed E-state index contributed by atoms with van der Waals surface area (Å²) in [6, 6.07) is 8.32. The van der Waals surface area contributed by atoms with Gasteiger partial charge in [0.15, 0.2) is 11.8 Å². The Bertz CT molecular complexity index is 1190. The molecule has 1 saturated heterocycles. The van der Waals surface area contributed by atoms with Crippen molar-refractivity contribution in [1.29, 1.82) is 0 Å². The molecule has 0 spiro atoms. The average Bonchev–Trinajstić information content (AvgIpc) is 3.61. The molecule has 0 bridgehead atoms.